The summed E-state index contributed by atoms with van der Waals surface area (Å²) in [6.45, 7) is 0. The number of fused-ring (bicyclic) bond motifs is 1. The smallest absolute Gasteiger partial charge is 0.117 e. The summed E-state index contributed by atoms with van der Waals surface area (Å²) >= 11 is 1.63. The summed E-state index contributed by atoms with van der Waals surface area (Å²) in [5, 5.41) is 14.3. The monoisotopic (exact) mass is 376 g/mol. The van der Waals surface area contributed by atoms with Crippen molar-refractivity contribution < 1.29 is 4.84 Å². The molecule has 1 saturated carbocycles. The van der Waals surface area contributed by atoms with Crippen molar-refractivity contribution in [2.24, 2.45) is 11.1 Å². The second-order valence-corrected chi connectivity index (χ2v) is 7.84. The first kappa shape index (κ1) is 16.4. The highest BCUT2D eigenvalue weighted by Crippen LogP contribution is 2.42. The number of hydrogen-bond donors (Lipinski definition) is 1. The van der Waals surface area contributed by atoms with Gasteiger partial charge in [-0.05, 0) is 18.4 Å². The van der Waals surface area contributed by atoms with E-state index >= 15 is 0 Å². The van der Waals surface area contributed by atoms with E-state index < -0.39 is 0 Å². The van der Waals surface area contributed by atoms with Crippen molar-refractivity contribution in [3.63, 3.8) is 0 Å². The van der Waals surface area contributed by atoms with E-state index in [9.17, 15) is 0 Å². The molecule has 2 aromatic heterocycles. The van der Waals surface area contributed by atoms with Gasteiger partial charge in [-0.2, -0.15) is 5.10 Å². The Hall–Kier alpha value is -2.73. The van der Waals surface area contributed by atoms with Gasteiger partial charge in [-0.25, -0.2) is 4.98 Å². The molecule has 0 amide bonds. The highest BCUT2D eigenvalue weighted by molar-refractivity contribution is 7.07. The van der Waals surface area contributed by atoms with Gasteiger partial charge in [-0.1, -0.05) is 47.6 Å². The molecule has 2 heterocycles. The minimum absolute atomic E-state index is 0.282. The average Bonchev–Trinajstić information content (AvgIpc) is 3.24. The van der Waals surface area contributed by atoms with Crippen LogP contribution in [0.4, 0.5) is 0 Å². The van der Waals surface area contributed by atoms with Gasteiger partial charge in [0.25, 0.3) is 0 Å². The summed E-state index contributed by atoms with van der Waals surface area (Å²) < 4.78 is 0. The van der Waals surface area contributed by atoms with Crippen LogP contribution in [0.3, 0.4) is 0 Å². The van der Waals surface area contributed by atoms with Crippen LogP contribution >= 0.6 is 11.3 Å². The summed E-state index contributed by atoms with van der Waals surface area (Å²) in [6, 6.07) is 10.6. The molecule has 136 valence electrons. The Bertz CT molecular complexity index is 1000. The van der Waals surface area contributed by atoms with E-state index in [0.29, 0.717) is 5.92 Å². The lowest BCUT2D eigenvalue weighted by Crippen LogP contribution is -2.31. The number of aromatic amines is 1. The Balaban J connectivity index is 1.61. The van der Waals surface area contributed by atoms with Crippen LogP contribution in [-0.2, 0) is 16.7 Å². The zero-order chi connectivity index (χ0) is 18.3. The highest BCUT2D eigenvalue weighted by atomic mass is 32.1. The van der Waals surface area contributed by atoms with Gasteiger partial charge in [0.2, 0.25) is 0 Å². The quantitative estimate of drug-likeness (QED) is 0.537. The van der Waals surface area contributed by atoms with Crippen molar-refractivity contribution in [1.29, 1.82) is 0 Å². The third-order valence-electron chi connectivity index (χ3n) is 5.45. The molecule has 1 atom stereocenters. The van der Waals surface area contributed by atoms with Crippen LogP contribution in [0.5, 0.6) is 0 Å². The molecule has 5 nitrogen and oxygen atoms in total. The molecule has 1 N–H and O–H groups in total. The molecule has 0 aliphatic heterocycles. The molecule has 1 fully saturated rings. The minimum atomic E-state index is -0.282. The summed E-state index contributed by atoms with van der Waals surface area (Å²) in [6.07, 6.45) is 7.55. The molecular weight excluding hydrogens is 356 g/mol. The molecule has 1 unspecified atom stereocenters. The van der Waals surface area contributed by atoms with E-state index in [4.69, 9.17) is 4.84 Å². The number of benzene rings is 1. The van der Waals surface area contributed by atoms with Crippen LogP contribution in [-0.4, -0.2) is 28.0 Å². The van der Waals surface area contributed by atoms with Gasteiger partial charge in [0, 0.05) is 29.0 Å². The molecule has 5 rings (SSSR count). The maximum Gasteiger partial charge on any atom is 0.117 e. The topological polar surface area (TPSA) is 63.2 Å². The maximum atomic E-state index is 5.09. The number of hydrogen-bond acceptors (Lipinski definition) is 5. The molecular formula is C21H20N4OS. The lowest BCUT2D eigenvalue weighted by molar-refractivity contribution is 0.212. The number of allylic oxidation sites excluding steroid dienone is 1. The van der Waals surface area contributed by atoms with Gasteiger partial charge in [0.05, 0.1) is 16.6 Å². The Labute approximate surface area is 161 Å². The predicted octanol–water partition coefficient (Wildman–Crippen LogP) is 4.18. The van der Waals surface area contributed by atoms with Crippen molar-refractivity contribution in [3.8, 4) is 0 Å². The van der Waals surface area contributed by atoms with Gasteiger partial charge < -0.3 is 4.84 Å². The van der Waals surface area contributed by atoms with Crippen LogP contribution < -0.4 is 0 Å². The van der Waals surface area contributed by atoms with Crippen LogP contribution in [0.25, 0.3) is 6.08 Å². The molecule has 1 aromatic carbocycles. The van der Waals surface area contributed by atoms with Gasteiger partial charge in [0.15, 0.2) is 0 Å². The maximum absolute atomic E-state index is 5.09. The van der Waals surface area contributed by atoms with E-state index in [1.807, 2.05) is 11.6 Å². The van der Waals surface area contributed by atoms with E-state index in [-0.39, 0.29) is 5.41 Å². The molecule has 27 heavy (non-hydrogen) atoms. The second kappa shape index (κ2) is 6.46. The van der Waals surface area contributed by atoms with Gasteiger partial charge in [-0.3, -0.25) is 5.10 Å². The summed E-state index contributed by atoms with van der Waals surface area (Å²) in [5.41, 5.74) is 8.06. The summed E-state index contributed by atoms with van der Waals surface area (Å²) in [5.74, 6) is 0.463. The number of H-pyrrole nitrogens is 1. The molecule has 0 spiro atoms. The number of nitrogens with one attached hydrogen (secondary N) is 1. The molecule has 2 aliphatic rings. The second-order valence-electron chi connectivity index (χ2n) is 7.12. The van der Waals surface area contributed by atoms with Crippen LogP contribution in [0.2, 0.25) is 0 Å². The number of rotatable bonds is 5. The molecule has 6 heteroatoms. The third-order valence-corrected chi connectivity index (χ3v) is 6.03. The number of aromatic nitrogens is 3. The molecule has 0 radical (unpaired) electrons. The average molecular weight is 376 g/mol. The number of oxime groups is 1. The Morgan fingerprint density at radius 3 is 2.85 bits per heavy atom. The Morgan fingerprint density at radius 1 is 1.30 bits per heavy atom. The van der Waals surface area contributed by atoms with E-state index in [1.54, 1.807) is 18.4 Å². The number of nitrogens with zero attached hydrogens (tertiary/aromatic N) is 3. The van der Waals surface area contributed by atoms with E-state index in [0.717, 1.165) is 47.6 Å². The lowest BCUT2D eigenvalue weighted by Gasteiger charge is -2.32. The van der Waals surface area contributed by atoms with Gasteiger partial charge >= 0.3 is 0 Å². The van der Waals surface area contributed by atoms with Gasteiger partial charge in [-0.15, -0.1) is 11.3 Å². The zero-order valence-corrected chi connectivity index (χ0v) is 15.9. The molecule has 0 bridgehead atoms. The fraction of sp³-hybridized carbons (Fsp3) is 0.286. The van der Waals surface area contributed by atoms with Crippen LogP contribution in [0.15, 0.2) is 52.5 Å². The van der Waals surface area contributed by atoms with Gasteiger partial charge in [0.1, 0.15) is 18.5 Å². The fourth-order valence-corrected chi connectivity index (χ4v) is 4.55. The van der Waals surface area contributed by atoms with Crippen molar-refractivity contribution in [2.75, 3.05) is 7.11 Å². The number of thiazole rings is 1. The normalized spacial score (nSPS) is 21.9. The first-order valence-electron chi connectivity index (χ1n) is 9.14. The van der Waals surface area contributed by atoms with Crippen molar-refractivity contribution in [2.45, 2.75) is 24.7 Å². The first-order chi connectivity index (χ1) is 13.3. The van der Waals surface area contributed by atoms with E-state index in [1.165, 1.54) is 5.56 Å². The first-order valence-corrected chi connectivity index (χ1v) is 10.1. The highest BCUT2D eigenvalue weighted by Gasteiger charge is 2.40. The van der Waals surface area contributed by atoms with Crippen LogP contribution in [0.1, 0.15) is 41.1 Å². The van der Waals surface area contributed by atoms with Crippen molar-refractivity contribution in [3.05, 3.63) is 75.5 Å². The van der Waals surface area contributed by atoms with Crippen LogP contribution in [0, 0.1) is 5.92 Å². The predicted molar refractivity (Wildman–Crippen MR) is 107 cm³/mol. The minimum Gasteiger partial charge on any atom is -0.399 e. The van der Waals surface area contributed by atoms with Crippen molar-refractivity contribution >= 4 is 23.1 Å². The fourth-order valence-electron chi connectivity index (χ4n) is 3.92. The largest absolute Gasteiger partial charge is 0.399 e. The summed E-state index contributed by atoms with van der Waals surface area (Å²) in [7, 11) is 1.60. The molecule has 0 saturated heterocycles. The zero-order valence-electron chi connectivity index (χ0n) is 15.1. The van der Waals surface area contributed by atoms with Crippen molar-refractivity contribution in [1.82, 2.24) is 15.2 Å². The SMILES string of the molecule is CO/N=C(/c1n[nH]c2c1C=CC(c1ccccc1)(c1cscn1)C2)C1CC1. The standard InChI is InChI=1S/C21H20N4OS/c1-26-25-19(14-7-8-14)20-16-9-10-21(11-17(16)23-24-20,18-12-27-13-22-18)15-5-3-2-4-6-15/h2-6,9-10,12-14H,7-8,11H2,1H3,(H,23,24)/b25-19+. The third kappa shape index (κ3) is 2.72. The Kier molecular flexibility index (Phi) is 3.93. The molecule has 2 aliphatic carbocycles. The lowest BCUT2D eigenvalue weighted by atomic mass is 9.71. The Morgan fingerprint density at radius 2 is 2.15 bits per heavy atom. The molecule has 3 aromatic rings. The summed E-state index contributed by atoms with van der Waals surface area (Å²) in [4.78, 5) is 9.75. The van der Waals surface area contributed by atoms with E-state index in [2.05, 4.69) is 62.1 Å².